The minimum absolute atomic E-state index is 0.0123. The van der Waals surface area contributed by atoms with Gasteiger partial charge in [-0.25, -0.2) is 4.98 Å². The molecule has 0 aromatic carbocycles. The van der Waals surface area contributed by atoms with Gasteiger partial charge in [-0.05, 0) is 13.0 Å². The second-order valence-corrected chi connectivity index (χ2v) is 6.22. The SMILES string of the molecule is C[C@@H]1CO[C@@H](CO)CN1C(=O)Cc1csc(-c2ccoc2)n1. The van der Waals surface area contributed by atoms with Gasteiger partial charge in [0.05, 0.1) is 43.7 Å². The van der Waals surface area contributed by atoms with Crippen molar-refractivity contribution in [3.63, 3.8) is 0 Å². The molecule has 118 valence electrons. The monoisotopic (exact) mass is 322 g/mol. The Kier molecular flexibility index (Phi) is 4.56. The Morgan fingerprint density at radius 2 is 2.45 bits per heavy atom. The third-order valence-electron chi connectivity index (χ3n) is 3.68. The Morgan fingerprint density at radius 1 is 1.59 bits per heavy atom. The molecule has 0 unspecified atom stereocenters. The third kappa shape index (κ3) is 3.21. The van der Waals surface area contributed by atoms with E-state index >= 15 is 0 Å². The van der Waals surface area contributed by atoms with Gasteiger partial charge in [0.1, 0.15) is 11.3 Å². The van der Waals surface area contributed by atoms with Gasteiger partial charge >= 0.3 is 0 Å². The summed E-state index contributed by atoms with van der Waals surface area (Å²) < 4.78 is 10.5. The summed E-state index contributed by atoms with van der Waals surface area (Å²) >= 11 is 1.50. The van der Waals surface area contributed by atoms with Gasteiger partial charge in [0.15, 0.2) is 0 Å². The van der Waals surface area contributed by atoms with Crippen LogP contribution >= 0.6 is 11.3 Å². The number of morpholine rings is 1. The molecule has 2 atom stereocenters. The van der Waals surface area contributed by atoms with Crippen molar-refractivity contribution >= 4 is 17.2 Å². The lowest BCUT2D eigenvalue weighted by Crippen LogP contribution is -2.52. The molecule has 0 radical (unpaired) electrons. The van der Waals surface area contributed by atoms with Crippen LogP contribution in [0.5, 0.6) is 0 Å². The summed E-state index contributed by atoms with van der Waals surface area (Å²) in [6.07, 6.45) is 3.21. The number of carbonyl (C=O) groups is 1. The van der Waals surface area contributed by atoms with Gasteiger partial charge < -0.3 is 19.2 Å². The van der Waals surface area contributed by atoms with Crippen molar-refractivity contribution in [2.45, 2.75) is 25.5 Å². The molecular formula is C15H18N2O4S. The van der Waals surface area contributed by atoms with Crippen molar-refractivity contribution in [1.29, 1.82) is 0 Å². The number of hydrogen-bond donors (Lipinski definition) is 1. The fourth-order valence-corrected chi connectivity index (χ4v) is 3.24. The molecule has 0 spiro atoms. The lowest BCUT2D eigenvalue weighted by atomic mass is 10.1. The number of nitrogens with zero attached hydrogens (tertiary/aromatic N) is 2. The Morgan fingerprint density at radius 3 is 3.18 bits per heavy atom. The van der Waals surface area contributed by atoms with E-state index in [2.05, 4.69) is 4.98 Å². The average Bonchev–Trinajstić information content (AvgIpc) is 3.18. The van der Waals surface area contributed by atoms with Gasteiger partial charge in [-0.15, -0.1) is 11.3 Å². The number of ether oxygens (including phenoxy) is 1. The first-order valence-electron chi connectivity index (χ1n) is 7.16. The molecule has 0 saturated carbocycles. The van der Waals surface area contributed by atoms with E-state index in [1.54, 1.807) is 17.4 Å². The number of carbonyl (C=O) groups excluding carboxylic acids is 1. The second-order valence-electron chi connectivity index (χ2n) is 5.37. The van der Waals surface area contributed by atoms with Crippen molar-refractivity contribution in [2.24, 2.45) is 0 Å². The fourth-order valence-electron chi connectivity index (χ4n) is 2.44. The number of furan rings is 1. The second kappa shape index (κ2) is 6.60. The molecule has 1 aliphatic rings. The minimum atomic E-state index is -0.294. The molecule has 1 fully saturated rings. The molecule has 0 bridgehead atoms. The molecule has 2 aromatic heterocycles. The van der Waals surface area contributed by atoms with Crippen molar-refractivity contribution < 1.29 is 19.1 Å². The highest BCUT2D eigenvalue weighted by atomic mass is 32.1. The summed E-state index contributed by atoms with van der Waals surface area (Å²) in [6, 6.07) is 1.86. The molecule has 1 amide bonds. The van der Waals surface area contributed by atoms with Gasteiger partial charge in [-0.2, -0.15) is 0 Å². The zero-order valence-corrected chi connectivity index (χ0v) is 13.1. The average molecular weight is 322 g/mol. The molecule has 3 heterocycles. The highest BCUT2D eigenvalue weighted by Gasteiger charge is 2.29. The van der Waals surface area contributed by atoms with Crippen LogP contribution in [0.25, 0.3) is 10.6 Å². The van der Waals surface area contributed by atoms with E-state index < -0.39 is 0 Å². The van der Waals surface area contributed by atoms with Crippen molar-refractivity contribution in [3.05, 3.63) is 29.7 Å². The molecule has 1 saturated heterocycles. The molecule has 1 N–H and O–H groups in total. The smallest absolute Gasteiger partial charge is 0.229 e. The van der Waals surface area contributed by atoms with Crippen LogP contribution in [0.2, 0.25) is 0 Å². The van der Waals surface area contributed by atoms with Crippen molar-refractivity contribution in [3.8, 4) is 10.6 Å². The summed E-state index contributed by atoms with van der Waals surface area (Å²) in [7, 11) is 0. The highest BCUT2D eigenvalue weighted by molar-refractivity contribution is 7.13. The van der Waals surface area contributed by atoms with E-state index in [0.29, 0.717) is 13.2 Å². The van der Waals surface area contributed by atoms with E-state index in [1.807, 2.05) is 18.4 Å². The highest BCUT2D eigenvalue weighted by Crippen LogP contribution is 2.24. The molecule has 2 aromatic rings. The summed E-state index contributed by atoms with van der Waals surface area (Å²) in [5.74, 6) is 0.0123. The summed E-state index contributed by atoms with van der Waals surface area (Å²) in [4.78, 5) is 18.7. The Bertz CT molecular complexity index is 625. The number of thiazole rings is 1. The van der Waals surface area contributed by atoms with Gasteiger partial charge in [0.25, 0.3) is 0 Å². The van der Waals surface area contributed by atoms with Crippen LogP contribution in [0.1, 0.15) is 12.6 Å². The molecule has 1 aliphatic heterocycles. The maximum Gasteiger partial charge on any atom is 0.229 e. The zero-order valence-electron chi connectivity index (χ0n) is 12.3. The van der Waals surface area contributed by atoms with Crippen LogP contribution in [0, 0.1) is 0 Å². The molecular weight excluding hydrogens is 304 g/mol. The lowest BCUT2D eigenvalue weighted by Gasteiger charge is -2.37. The summed E-state index contributed by atoms with van der Waals surface area (Å²) in [5.41, 5.74) is 1.68. The predicted octanol–water partition coefficient (Wildman–Crippen LogP) is 1.55. The number of aromatic nitrogens is 1. The third-order valence-corrected chi connectivity index (χ3v) is 4.62. The van der Waals surface area contributed by atoms with Gasteiger partial charge in [0, 0.05) is 17.5 Å². The van der Waals surface area contributed by atoms with Gasteiger partial charge in [-0.1, -0.05) is 0 Å². The Hall–Kier alpha value is -1.70. The number of amides is 1. The van der Waals surface area contributed by atoms with Crippen LogP contribution in [-0.2, 0) is 16.0 Å². The molecule has 0 aliphatic carbocycles. The Balaban J connectivity index is 1.66. The molecule has 3 rings (SSSR count). The van der Waals surface area contributed by atoms with Crippen molar-refractivity contribution in [1.82, 2.24) is 9.88 Å². The van der Waals surface area contributed by atoms with Crippen LogP contribution in [0.15, 0.2) is 28.4 Å². The summed E-state index contributed by atoms with van der Waals surface area (Å²) in [6.45, 7) is 2.75. The first-order valence-corrected chi connectivity index (χ1v) is 8.04. The standard InChI is InChI=1S/C15H18N2O4S/c1-10-7-21-13(6-18)5-17(10)14(19)4-12-9-22-15(16-12)11-2-3-20-8-11/h2-3,8-10,13,18H,4-7H2,1H3/t10-,13-/m1/s1. The minimum Gasteiger partial charge on any atom is -0.472 e. The quantitative estimate of drug-likeness (QED) is 0.924. The van der Waals surface area contributed by atoms with E-state index in [4.69, 9.17) is 9.15 Å². The topological polar surface area (TPSA) is 75.8 Å². The number of rotatable bonds is 4. The first kappa shape index (κ1) is 15.2. The Labute approximate surface area is 132 Å². The zero-order chi connectivity index (χ0) is 15.5. The van der Waals surface area contributed by atoms with Crippen LogP contribution in [0.3, 0.4) is 0 Å². The predicted molar refractivity (Wildman–Crippen MR) is 81.5 cm³/mol. The maximum atomic E-state index is 12.5. The molecule has 7 heteroatoms. The fraction of sp³-hybridized carbons (Fsp3) is 0.467. The van der Waals surface area contributed by atoms with Crippen LogP contribution < -0.4 is 0 Å². The summed E-state index contributed by atoms with van der Waals surface area (Å²) in [5, 5.41) is 11.9. The van der Waals surface area contributed by atoms with Crippen LogP contribution in [0.4, 0.5) is 0 Å². The van der Waals surface area contributed by atoms with E-state index in [0.717, 1.165) is 16.3 Å². The van der Waals surface area contributed by atoms with Crippen LogP contribution in [-0.4, -0.2) is 52.8 Å². The number of aliphatic hydroxyl groups is 1. The number of hydrogen-bond acceptors (Lipinski definition) is 6. The van der Waals surface area contributed by atoms with Gasteiger partial charge in [-0.3, -0.25) is 4.79 Å². The molecule has 22 heavy (non-hydrogen) atoms. The number of aliphatic hydroxyl groups excluding tert-OH is 1. The van der Waals surface area contributed by atoms with E-state index in [1.165, 1.54) is 11.3 Å². The van der Waals surface area contributed by atoms with E-state index in [9.17, 15) is 9.90 Å². The van der Waals surface area contributed by atoms with E-state index in [-0.39, 0.29) is 31.1 Å². The maximum absolute atomic E-state index is 12.5. The largest absolute Gasteiger partial charge is 0.472 e. The lowest BCUT2D eigenvalue weighted by molar-refractivity contribution is -0.145. The first-order chi connectivity index (χ1) is 10.7. The normalized spacial score (nSPS) is 22.0. The molecule has 6 nitrogen and oxygen atoms in total. The van der Waals surface area contributed by atoms with Gasteiger partial charge in [0.2, 0.25) is 5.91 Å². The van der Waals surface area contributed by atoms with Crippen molar-refractivity contribution in [2.75, 3.05) is 19.8 Å².